The van der Waals surface area contributed by atoms with Crippen molar-refractivity contribution < 1.29 is 13.6 Å². The first-order chi connectivity index (χ1) is 12.5. The minimum Gasteiger partial charge on any atom is -0.317 e. The van der Waals surface area contributed by atoms with Gasteiger partial charge in [0, 0.05) is 17.5 Å². The Labute approximate surface area is 157 Å². The maximum Gasteiger partial charge on any atom is 0.284 e. The lowest BCUT2D eigenvalue weighted by Gasteiger charge is -2.09. The van der Waals surface area contributed by atoms with E-state index in [1.807, 2.05) is 12.1 Å². The van der Waals surface area contributed by atoms with Crippen molar-refractivity contribution in [3.05, 3.63) is 62.8 Å². The van der Waals surface area contributed by atoms with Gasteiger partial charge in [-0.05, 0) is 30.5 Å². The number of rotatable bonds is 6. The Balaban J connectivity index is 1.86. The Morgan fingerprint density at radius 2 is 2.04 bits per heavy atom. The smallest absolute Gasteiger partial charge is 0.284 e. The normalized spacial score (nSPS) is 11.1. The fourth-order valence-electron chi connectivity index (χ4n) is 2.57. The van der Waals surface area contributed by atoms with Crippen molar-refractivity contribution in [1.29, 1.82) is 0 Å². The number of carbonyl (C=O) groups is 1. The highest BCUT2D eigenvalue weighted by Crippen LogP contribution is 2.30. The summed E-state index contributed by atoms with van der Waals surface area (Å²) in [4.78, 5) is 16.2. The van der Waals surface area contributed by atoms with Crippen molar-refractivity contribution in [1.82, 2.24) is 14.8 Å². The molecule has 3 rings (SSSR count). The van der Waals surface area contributed by atoms with Gasteiger partial charge < -0.3 is 5.32 Å². The number of halogens is 3. The lowest BCUT2D eigenvalue weighted by molar-refractivity contribution is 0.102. The molecule has 1 aromatic carbocycles. The molecule has 9 heteroatoms. The molecule has 0 bridgehead atoms. The van der Waals surface area contributed by atoms with Gasteiger partial charge in [-0.15, -0.1) is 11.3 Å². The molecular weight excluding hydrogens is 382 g/mol. The SMILES string of the molecule is Cn1nc(C(F)F)c(NC(=O)c2cscn2)c1CCc1ccc(Cl)cc1. The monoisotopic (exact) mass is 396 g/mol. The summed E-state index contributed by atoms with van der Waals surface area (Å²) in [6.07, 6.45) is -1.76. The van der Waals surface area contributed by atoms with Crippen LogP contribution >= 0.6 is 22.9 Å². The number of benzene rings is 1. The van der Waals surface area contributed by atoms with Gasteiger partial charge in [-0.25, -0.2) is 13.8 Å². The van der Waals surface area contributed by atoms with Gasteiger partial charge in [-0.2, -0.15) is 5.10 Å². The molecule has 0 aliphatic rings. The number of hydrogen-bond donors (Lipinski definition) is 1. The summed E-state index contributed by atoms with van der Waals surface area (Å²) in [6.45, 7) is 0. The Kier molecular flexibility index (Phi) is 5.63. The molecule has 0 unspecified atom stereocenters. The van der Waals surface area contributed by atoms with Crippen LogP contribution in [0.4, 0.5) is 14.5 Å². The van der Waals surface area contributed by atoms with Gasteiger partial charge in [0.15, 0.2) is 5.69 Å². The zero-order valence-electron chi connectivity index (χ0n) is 13.7. The van der Waals surface area contributed by atoms with Crippen molar-refractivity contribution in [2.75, 3.05) is 5.32 Å². The molecular formula is C17H15ClF2N4OS. The van der Waals surface area contributed by atoms with Crippen molar-refractivity contribution in [3.8, 4) is 0 Å². The predicted octanol–water partition coefficient (Wildman–Crippen LogP) is 4.51. The lowest BCUT2D eigenvalue weighted by Crippen LogP contribution is -2.15. The van der Waals surface area contributed by atoms with Crippen molar-refractivity contribution >= 4 is 34.5 Å². The summed E-state index contributed by atoms with van der Waals surface area (Å²) in [5.41, 5.74) is 2.83. The summed E-state index contributed by atoms with van der Waals surface area (Å²) < 4.78 is 28.1. The van der Waals surface area contributed by atoms with Gasteiger partial charge >= 0.3 is 0 Å². The number of carbonyl (C=O) groups excluding carboxylic acids is 1. The third kappa shape index (κ3) is 4.08. The quantitative estimate of drug-likeness (QED) is 0.667. The van der Waals surface area contributed by atoms with Gasteiger partial charge in [0.2, 0.25) is 0 Å². The molecule has 2 heterocycles. The average molecular weight is 397 g/mol. The van der Waals surface area contributed by atoms with Crippen LogP contribution in [0.1, 0.15) is 33.9 Å². The molecule has 1 N–H and O–H groups in total. The second kappa shape index (κ2) is 7.92. The maximum absolute atomic E-state index is 13.4. The topological polar surface area (TPSA) is 59.8 Å². The molecule has 2 aromatic heterocycles. The minimum atomic E-state index is -2.80. The van der Waals surface area contributed by atoms with Crippen LogP contribution in [0, 0.1) is 0 Å². The summed E-state index contributed by atoms with van der Waals surface area (Å²) in [6, 6.07) is 7.30. The second-order valence-corrected chi connectivity index (χ2v) is 6.74. The summed E-state index contributed by atoms with van der Waals surface area (Å²) in [5, 5.41) is 8.62. The van der Waals surface area contributed by atoms with Gasteiger partial charge in [0.25, 0.3) is 12.3 Å². The van der Waals surface area contributed by atoms with Crippen LogP contribution in [0.15, 0.2) is 35.2 Å². The van der Waals surface area contributed by atoms with Crippen molar-refractivity contribution in [3.63, 3.8) is 0 Å². The molecule has 3 aromatic rings. The first-order valence-electron chi connectivity index (χ1n) is 7.73. The molecule has 0 aliphatic heterocycles. The molecule has 0 atom stereocenters. The van der Waals surface area contributed by atoms with E-state index >= 15 is 0 Å². The van der Waals surface area contributed by atoms with E-state index < -0.39 is 18.0 Å². The van der Waals surface area contributed by atoms with Crippen LogP contribution < -0.4 is 5.32 Å². The highest BCUT2D eigenvalue weighted by molar-refractivity contribution is 7.07. The lowest BCUT2D eigenvalue weighted by atomic mass is 10.1. The molecule has 5 nitrogen and oxygen atoms in total. The van der Waals surface area contributed by atoms with E-state index in [-0.39, 0.29) is 11.4 Å². The number of nitrogens with one attached hydrogen (secondary N) is 1. The number of thiazole rings is 1. The van der Waals surface area contributed by atoms with E-state index in [0.29, 0.717) is 23.6 Å². The fraction of sp³-hybridized carbons (Fsp3) is 0.235. The first kappa shape index (κ1) is 18.5. The molecule has 0 saturated heterocycles. The molecule has 0 fully saturated rings. The Morgan fingerprint density at radius 3 is 2.65 bits per heavy atom. The predicted molar refractivity (Wildman–Crippen MR) is 97.1 cm³/mol. The largest absolute Gasteiger partial charge is 0.317 e. The summed E-state index contributed by atoms with van der Waals surface area (Å²) in [5.74, 6) is -0.533. The summed E-state index contributed by atoms with van der Waals surface area (Å²) in [7, 11) is 1.58. The number of aryl methyl sites for hydroxylation is 2. The molecule has 0 aliphatic carbocycles. The van der Waals surface area contributed by atoms with E-state index in [0.717, 1.165) is 5.56 Å². The number of nitrogens with zero attached hydrogens (tertiary/aromatic N) is 3. The number of aromatic nitrogens is 3. The number of alkyl halides is 2. The number of anilines is 1. The van der Waals surface area contributed by atoms with Crippen LogP contribution in [0.25, 0.3) is 0 Å². The third-order valence-corrected chi connectivity index (χ3v) is 4.71. The molecule has 26 heavy (non-hydrogen) atoms. The molecule has 0 radical (unpaired) electrons. The number of amides is 1. The van der Waals surface area contributed by atoms with Crippen molar-refractivity contribution in [2.24, 2.45) is 7.05 Å². The zero-order chi connectivity index (χ0) is 18.7. The standard InChI is InChI=1S/C17H15ClF2N4OS/c1-24-13(7-4-10-2-5-11(18)6-3-10)14(15(23-24)16(19)20)22-17(25)12-8-26-9-21-12/h2-3,5-6,8-9,16H,4,7H2,1H3,(H,22,25). The zero-order valence-corrected chi connectivity index (χ0v) is 15.3. The van der Waals surface area contributed by atoms with E-state index in [2.05, 4.69) is 15.4 Å². The van der Waals surface area contributed by atoms with Crippen LogP contribution in [0.2, 0.25) is 5.02 Å². The van der Waals surface area contributed by atoms with Gasteiger partial charge in [-0.3, -0.25) is 9.48 Å². The van der Waals surface area contributed by atoms with Crippen LogP contribution in [0.3, 0.4) is 0 Å². The Morgan fingerprint density at radius 1 is 1.31 bits per heavy atom. The van der Waals surface area contributed by atoms with Gasteiger partial charge in [0.05, 0.1) is 16.9 Å². The fourth-order valence-corrected chi connectivity index (χ4v) is 3.23. The molecule has 1 amide bonds. The van der Waals surface area contributed by atoms with Gasteiger partial charge in [-0.1, -0.05) is 23.7 Å². The summed E-state index contributed by atoms with van der Waals surface area (Å²) >= 11 is 7.13. The molecule has 0 saturated carbocycles. The molecule has 136 valence electrons. The second-order valence-electron chi connectivity index (χ2n) is 5.59. The highest BCUT2D eigenvalue weighted by Gasteiger charge is 2.25. The minimum absolute atomic E-state index is 0.0504. The van der Waals surface area contributed by atoms with E-state index in [1.165, 1.54) is 21.5 Å². The first-order valence-corrected chi connectivity index (χ1v) is 9.05. The van der Waals surface area contributed by atoms with Crippen molar-refractivity contribution in [2.45, 2.75) is 19.3 Å². The van der Waals surface area contributed by atoms with E-state index in [9.17, 15) is 13.6 Å². The van der Waals surface area contributed by atoms with Crippen LogP contribution in [-0.4, -0.2) is 20.7 Å². The number of hydrogen-bond acceptors (Lipinski definition) is 4. The third-order valence-electron chi connectivity index (χ3n) is 3.87. The average Bonchev–Trinajstić information content (AvgIpc) is 3.24. The van der Waals surface area contributed by atoms with Crippen LogP contribution in [0.5, 0.6) is 0 Å². The Hall–Kier alpha value is -2.32. The van der Waals surface area contributed by atoms with E-state index in [4.69, 9.17) is 11.6 Å². The van der Waals surface area contributed by atoms with E-state index in [1.54, 1.807) is 24.6 Å². The maximum atomic E-state index is 13.4. The highest BCUT2D eigenvalue weighted by atomic mass is 35.5. The van der Waals surface area contributed by atoms with Gasteiger partial charge in [0.1, 0.15) is 5.69 Å². The Bertz CT molecular complexity index is 894. The van der Waals surface area contributed by atoms with Crippen LogP contribution in [-0.2, 0) is 19.9 Å². The molecule has 0 spiro atoms.